The Morgan fingerprint density at radius 3 is 2.50 bits per heavy atom. The fourth-order valence-electron chi connectivity index (χ4n) is 2.77. The molecule has 0 bridgehead atoms. The van der Waals surface area contributed by atoms with Crippen molar-refractivity contribution < 1.29 is 14.3 Å². The number of nitrogens with zero attached hydrogens (tertiary/aromatic N) is 1. The Balaban J connectivity index is 1.79. The van der Waals surface area contributed by atoms with Gasteiger partial charge < -0.3 is 14.8 Å². The molecule has 0 aliphatic carbocycles. The number of ether oxygens (including phenoxy) is 2. The van der Waals surface area contributed by atoms with E-state index in [0.29, 0.717) is 47.1 Å². The van der Waals surface area contributed by atoms with E-state index >= 15 is 0 Å². The predicted octanol–water partition coefficient (Wildman–Crippen LogP) is 4.40. The van der Waals surface area contributed by atoms with Gasteiger partial charge in [0.1, 0.15) is 12.3 Å². The quantitative estimate of drug-likeness (QED) is 0.535. The number of halogens is 1. The molecule has 2 aromatic rings. The lowest BCUT2D eigenvalue weighted by molar-refractivity contribution is -0.122. The lowest BCUT2D eigenvalue weighted by atomic mass is 10.1. The van der Waals surface area contributed by atoms with Gasteiger partial charge >= 0.3 is 0 Å². The molecule has 146 valence electrons. The van der Waals surface area contributed by atoms with Gasteiger partial charge in [-0.25, -0.2) is 0 Å². The third kappa shape index (κ3) is 4.64. The Hall–Kier alpha value is -2.57. The molecule has 0 spiro atoms. The van der Waals surface area contributed by atoms with E-state index in [0.717, 1.165) is 11.1 Å². The van der Waals surface area contributed by atoms with E-state index in [-0.39, 0.29) is 5.91 Å². The number of hydrogen-bond acceptors (Lipinski definition) is 4. The van der Waals surface area contributed by atoms with Crippen molar-refractivity contribution in [2.24, 2.45) is 0 Å². The first-order valence-corrected chi connectivity index (χ1v) is 9.79. The zero-order valence-electron chi connectivity index (χ0n) is 15.7. The van der Waals surface area contributed by atoms with Gasteiger partial charge in [-0.15, -0.1) is 0 Å². The molecule has 28 heavy (non-hydrogen) atoms. The van der Waals surface area contributed by atoms with Crippen LogP contribution in [0.4, 0.5) is 0 Å². The van der Waals surface area contributed by atoms with Gasteiger partial charge in [-0.3, -0.25) is 9.69 Å². The zero-order chi connectivity index (χ0) is 20.1. The van der Waals surface area contributed by atoms with Crippen LogP contribution in [-0.2, 0) is 11.4 Å². The van der Waals surface area contributed by atoms with E-state index in [1.54, 1.807) is 6.08 Å². The van der Waals surface area contributed by atoms with Gasteiger partial charge in [-0.05, 0) is 67.5 Å². The summed E-state index contributed by atoms with van der Waals surface area (Å²) in [5.74, 6) is 1.12. The van der Waals surface area contributed by atoms with Crippen molar-refractivity contribution in [2.75, 3.05) is 13.2 Å². The Morgan fingerprint density at radius 2 is 1.86 bits per heavy atom. The number of carbonyl (C=O) groups is 1. The molecule has 3 rings (SSSR count). The molecule has 0 aromatic heterocycles. The Kier molecular flexibility index (Phi) is 6.54. The molecule has 1 heterocycles. The van der Waals surface area contributed by atoms with Crippen LogP contribution in [0.1, 0.15) is 25.0 Å². The topological polar surface area (TPSA) is 50.8 Å². The highest BCUT2D eigenvalue weighted by Crippen LogP contribution is 2.30. The van der Waals surface area contributed by atoms with Crippen LogP contribution in [0.25, 0.3) is 6.08 Å². The van der Waals surface area contributed by atoms with Crippen LogP contribution in [0.15, 0.2) is 48.2 Å². The number of rotatable bonds is 7. The van der Waals surface area contributed by atoms with Crippen molar-refractivity contribution in [3.8, 4) is 11.5 Å². The molecule has 0 atom stereocenters. The number of likely N-dealkylation sites (N-methyl/N-ethyl adjacent to an activating group) is 1. The second-order valence-electron chi connectivity index (χ2n) is 6.09. The molecule has 1 saturated heterocycles. The predicted molar refractivity (Wildman–Crippen MR) is 114 cm³/mol. The first-order valence-electron chi connectivity index (χ1n) is 9.00. The van der Waals surface area contributed by atoms with Gasteiger partial charge in [0.25, 0.3) is 5.91 Å². The molecule has 0 radical (unpaired) electrons. The second-order valence-corrected chi connectivity index (χ2v) is 6.92. The Labute approximate surface area is 174 Å². The summed E-state index contributed by atoms with van der Waals surface area (Å²) in [4.78, 5) is 13.9. The molecule has 0 unspecified atom stereocenters. The molecule has 1 aliphatic heterocycles. The van der Waals surface area contributed by atoms with Crippen LogP contribution in [0.3, 0.4) is 0 Å². The molecule has 1 amide bonds. The minimum Gasteiger partial charge on any atom is -0.490 e. The number of thiocarbonyl (C=S) groups is 1. The van der Waals surface area contributed by atoms with Crippen molar-refractivity contribution in [2.45, 2.75) is 20.5 Å². The maximum atomic E-state index is 12.4. The largest absolute Gasteiger partial charge is 0.490 e. The van der Waals surface area contributed by atoms with Gasteiger partial charge in [0, 0.05) is 11.6 Å². The Bertz CT molecular complexity index is 912. The molecule has 7 heteroatoms. The molecular formula is C21H21ClN2O3S. The van der Waals surface area contributed by atoms with Crippen LogP contribution in [0.2, 0.25) is 5.02 Å². The van der Waals surface area contributed by atoms with Crippen molar-refractivity contribution in [1.82, 2.24) is 10.2 Å². The third-order valence-electron chi connectivity index (χ3n) is 4.16. The highest BCUT2D eigenvalue weighted by atomic mass is 35.5. The van der Waals surface area contributed by atoms with E-state index in [2.05, 4.69) is 5.32 Å². The molecule has 1 N–H and O–H groups in total. The molecule has 0 saturated carbocycles. The summed E-state index contributed by atoms with van der Waals surface area (Å²) >= 11 is 11.1. The van der Waals surface area contributed by atoms with Crippen LogP contribution >= 0.6 is 23.8 Å². The highest BCUT2D eigenvalue weighted by molar-refractivity contribution is 7.80. The van der Waals surface area contributed by atoms with Crippen LogP contribution in [0, 0.1) is 0 Å². The zero-order valence-corrected chi connectivity index (χ0v) is 17.3. The summed E-state index contributed by atoms with van der Waals surface area (Å²) in [6, 6.07) is 13.0. The van der Waals surface area contributed by atoms with Crippen molar-refractivity contribution in [3.05, 3.63) is 64.3 Å². The lowest BCUT2D eigenvalue weighted by Gasteiger charge is -2.13. The SMILES string of the molecule is CCOc1cc(/C=C2\NC(=S)N(CC)C2=O)ccc1OCc1ccc(Cl)cc1. The summed E-state index contributed by atoms with van der Waals surface area (Å²) < 4.78 is 11.6. The third-order valence-corrected chi connectivity index (χ3v) is 4.74. The lowest BCUT2D eigenvalue weighted by Crippen LogP contribution is -2.30. The number of benzene rings is 2. The van der Waals surface area contributed by atoms with Crippen LogP contribution in [-0.4, -0.2) is 29.1 Å². The first-order chi connectivity index (χ1) is 13.5. The number of hydrogen-bond donors (Lipinski definition) is 1. The molecule has 2 aromatic carbocycles. The minimum absolute atomic E-state index is 0.131. The van der Waals surface area contributed by atoms with E-state index in [4.69, 9.17) is 33.3 Å². The monoisotopic (exact) mass is 416 g/mol. The highest BCUT2D eigenvalue weighted by Gasteiger charge is 2.29. The average Bonchev–Trinajstić information content (AvgIpc) is 2.95. The van der Waals surface area contributed by atoms with E-state index in [1.165, 1.54) is 4.90 Å². The first kappa shape index (κ1) is 20.2. The van der Waals surface area contributed by atoms with Gasteiger partial charge in [0.2, 0.25) is 0 Å². The Morgan fingerprint density at radius 1 is 1.11 bits per heavy atom. The maximum absolute atomic E-state index is 12.4. The number of amides is 1. The summed E-state index contributed by atoms with van der Waals surface area (Å²) in [5, 5.41) is 4.07. The van der Waals surface area contributed by atoms with Crippen LogP contribution in [0.5, 0.6) is 11.5 Å². The fraction of sp³-hybridized carbons (Fsp3) is 0.238. The second kappa shape index (κ2) is 9.08. The number of carbonyl (C=O) groups excluding carboxylic acids is 1. The molecule has 1 aliphatic rings. The summed E-state index contributed by atoms with van der Waals surface area (Å²) in [6.07, 6.45) is 1.76. The van der Waals surface area contributed by atoms with E-state index < -0.39 is 0 Å². The smallest absolute Gasteiger partial charge is 0.276 e. The minimum atomic E-state index is -0.131. The van der Waals surface area contributed by atoms with E-state index in [9.17, 15) is 4.79 Å². The standard InChI is InChI=1S/C21H21ClN2O3S/c1-3-24-20(25)17(23-21(24)28)11-15-7-10-18(19(12-15)26-4-2)27-13-14-5-8-16(22)9-6-14/h5-12H,3-4,13H2,1-2H3,(H,23,28)/b17-11-. The fourth-order valence-corrected chi connectivity index (χ4v) is 3.22. The average molecular weight is 417 g/mol. The van der Waals surface area contributed by atoms with E-state index in [1.807, 2.05) is 56.3 Å². The van der Waals surface area contributed by atoms with Crippen molar-refractivity contribution >= 4 is 40.9 Å². The van der Waals surface area contributed by atoms with Crippen LogP contribution < -0.4 is 14.8 Å². The molecular weight excluding hydrogens is 396 g/mol. The maximum Gasteiger partial charge on any atom is 0.276 e. The normalized spacial score (nSPS) is 15.1. The van der Waals surface area contributed by atoms with Gasteiger partial charge in [0.05, 0.1) is 6.61 Å². The molecule has 1 fully saturated rings. The summed E-state index contributed by atoms with van der Waals surface area (Å²) in [7, 11) is 0. The van der Waals surface area contributed by atoms with Crippen molar-refractivity contribution in [1.29, 1.82) is 0 Å². The number of nitrogens with one attached hydrogen (secondary N) is 1. The summed E-state index contributed by atoms with van der Waals surface area (Å²) in [5.41, 5.74) is 2.27. The van der Waals surface area contributed by atoms with Gasteiger partial charge in [-0.2, -0.15) is 0 Å². The molecule has 5 nitrogen and oxygen atoms in total. The van der Waals surface area contributed by atoms with Crippen molar-refractivity contribution in [3.63, 3.8) is 0 Å². The summed E-state index contributed by atoms with van der Waals surface area (Å²) in [6.45, 7) is 5.23. The van der Waals surface area contributed by atoms with Gasteiger partial charge in [-0.1, -0.05) is 29.8 Å². The van der Waals surface area contributed by atoms with Gasteiger partial charge in [0.15, 0.2) is 16.6 Å².